The van der Waals surface area contributed by atoms with Crippen LogP contribution in [0.2, 0.25) is 5.02 Å². The highest BCUT2D eigenvalue weighted by Crippen LogP contribution is 2.30. The van der Waals surface area contributed by atoms with Gasteiger partial charge in [0.15, 0.2) is 0 Å². The van der Waals surface area contributed by atoms with Crippen molar-refractivity contribution in [3.8, 4) is 5.75 Å². The predicted molar refractivity (Wildman–Crippen MR) is 95.7 cm³/mol. The molecule has 5 nitrogen and oxygen atoms in total. The van der Waals surface area contributed by atoms with Gasteiger partial charge in [0.25, 0.3) is 0 Å². The van der Waals surface area contributed by atoms with Crippen LogP contribution in [-0.2, 0) is 16.6 Å². The van der Waals surface area contributed by atoms with Crippen LogP contribution in [-0.4, -0.2) is 32.9 Å². The summed E-state index contributed by atoms with van der Waals surface area (Å²) in [5, 5.41) is 0.341. The van der Waals surface area contributed by atoms with Crippen molar-refractivity contribution >= 4 is 21.6 Å². The number of nitrogens with zero attached hydrogens (tertiary/aromatic N) is 1. The van der Waals surface area contributed by atoms with Crippen LogP contribution < -0.4 is 10.5 Å². The summed E-state index contributed by atoms with van der Waals surface area (Å²) < 4.78 is 32.9. The van der Waals surface area contributed by atoms with E-state index in [4.69, 9.17) is 22.1 Å². The normalized spacial score (nSPS) is 11.7. The third-order valence-corrected chi connectivity index (χ3v) is 5.66. The van der Waals surface area contributed by atoms with Crippen LogP contribution in [0.25, 0.3) is 0 Å². The summed E-state index contributed by atoms with van der Waals surface area (Å²) >= 11 is 5.99. The van der Waals surface area contributed by atoms with Gasteiger partial charge in [0.05, 0.1) is 7.11 Å². The molecule has 24 heavy (non-hydrogen) atoms. The summed E-state index contributed by atoms with van der Waals surface area (Å²) in [6.45, 7) is 0.996. The van der Waals surface area contributed by atoms with Crippen LogP contribution in [0.4, 0.5) is 0 Å². The maximum absolute atomic E-state index is 13.1. The Morgan fingerprint density at radius 3 is 2.50 bits per heavy atom. The van der Waals surface area contributed by atoms with Gasteiger partial charge in [-0.2, -0.15) is 4.31 Å². The molecule has 0 aromatic heterocycles. The Labute approximate surface area is 148 Å². The lowest BCUT2D eigenvalue weighted by molar-refractivity contribution is 0.383. The molecule has 0 radical (unpaired) electrons. The molecule has 0 unspecified atom stereocenters. The maximum atomic E-state index is 13.1. The number of benzene rings is 2. The second kappa shape index (κ2) is 8.48. The van der Waals surface area contributed by atoms with Crippen LogP contribution in [0, 0.1) is 0 Å². The second-order valence-corrected chi connectivity index (χ2v) is 7.60. The lowest BCUT2D eigenvalue weighted by Crippen LogP contribution is -2.33. The molecule has 0 amide bonds. The van der Waals surface area contributed by atoms with Crippen molar-refractivity contribution in [3.63, 3.8) is 0 Å². The van der Waals surface area contributed by atoms with E-state index >= 15 is 0 Å². The van der Waals surface area contributed by atoms with Crippen molar-refractivity contribution in [2.24, 2.45) is 5.73 Å². The first-order valence-corrected chi connectivity index (χ1v) is 9.38. The second-order valence-electron chi connectivity index (χ2n) is 5.26. The van der Waals surface area contributed by atoms with Crippen LogP contribution in [0.3, 0.4) is 0 Å². The van der Waals surface area contributed by atoms with E-state index in [-0.39, 0.29) is 17.2 Å². The van der Waals surface area contributed by atoms with Gasteiger partial charge in [-0.05, 0) is 36.7 Å². The number of ether oxygens (including phenoxy) is 1. The van der Waals surface area contributed by atoms with Crippen molar-refractivity contribution in [2.45, 2.75) is 17.9 Å². The first-order valence-electron chi connectivity index (χ1n) is 7.56. The zero-order chi connectivity index (χ0) is 17.6. The van der Waals surface area contributed by atoms with E-state index in [1.54, 1.807) is 12.1 Å². The van der Waals surface area contributed by atoms with Crippen LogP contribution in [0.15, 0.2) is 53.4 Å². The minimum Gasteiger partial charge on any atom is -0.495 e. The average Bonchev–Trinajstić information content (AvgIpc) is 2.59. The lowest BCUT2D eigenvalue weighted by Gasteiger charge is -2.23. The molecule has 2 aromatic rings. The zero-order valence-electron chi connectivity index (χ0n) is 13.5. The monoisotopic (exact) mass is 368 g/mol. The average molecular weight is 369 g/mol. The molecule has 0 heterocycles. The fourth-order valence-corrected chi connectivity index (χ4v) is 4.22. The van der Waals surface area contributed by atoms with E-state index in [2.05, 4.69) is 0 Å². The summed E-state index contributed by atoms with van der Waals surface area (Å²) in [4.78, 5) is 0.0606. The van der Waals surface area contributed by atoms with Crippen molar-refractivity contribution in [1.82, 2.24) is 4.31 Å². The zero-order valence-corrected chi connectivity index (χ0v) is 15.1. The lowest BCUT2D eigenvalue weighted by atomic mass is 10.2. The Hall–Kier alpha value is -1.60. The number of nitrogens with two attached hydrogens (primary N) is 1. The van der Waals surface area contributed by atoms with E-state index in [9.17, 15) is 8.42 Å². The van der Waals surface area contributed by atoms with Crippen LogP contribution in [0.1, 0.15) is 12.0 Å². The molecule has 2 N–H and O–H groups in total. The molecule has 0 fully saturated rings. The summed E-state index contributed by atoms with van der Waals surface area (Å²) in [6.07, 6.45) is 0.564. The predicted octanol–water partition coefficient (Wildman–Crippen LogP) is 2.89. The molecular formula is C17H21ClN2O3S. The highest BCUT2D eigenvalue weighted by atomic mass is 35.5. The topological polar surface area (TPSA) is 72.6 Å². The number of halogens is 1. The molecule has 0 aliphatic rings. The van der Waals surface area contributed by atoms with Crippen molar-refractivity contribution < 1.29 is 13.2 Å². The molecule has 130 valence electrons. The SMILES string of the molecule is COc1ccc(Cl)cc1S(=O)(=O)N(CCCN)Cc1ccccc1. The summed E-state index contributed by atoms with van der Waals surface area (Å²) in [7, 11) is -2.33. The first kappa shape index (κ1) is 18.7. The van der Waals surface area contributed by atoms with E-state index in [1.165, 1.54) is 17.5 Å². The summed E-state index contributed by atoms with van der Waals surface area (Å²) in [6, 6.07) is 14.0. The van der Waals surface area contributed by atoms with E-state index in [0.717, 1.165) is 5.56 Å². The fraction of sp³-hybridized carbons (Fsp3) is 0.294. The smallest absolute Gasteiger partial charge is 0.247 e. The minimum atomic E-state index is -3.77. The molecule has 2 rings (SSSR count). The molecule has 0 spiro atoms. The van der Waals surface area contributed by atoms with E-state index in [1.807, 2.05) is 30.3 Å². The van der Waals surface area contributed by atoms with Gasteiger partial charge in [0, 0.05) is 18.1 Å². The molecule has 0 saturated heterocycles. The Morgan fingerprint density at radius 2 is 1.88 bits per heavy atom. The van der Waals surface area contributed by atoms with Crippen molar-refractivity contribution in [1.29, 1.82) is 0 Å². The highest BCUT2D eigenvalue weighted by molar-refractivity contribution is 7.89. The molecule has 0 saturated carbocycles. The van der Waals surface area contributed by atoms with Gasteiger partial charge in [0.2, 0.25) is 10.0 Å². The first-order chi connectivity index (χ1) is 11.5. The van der Waals surface area contributed by atoms with Crippen LogP contribution >= 0.6 is 11.6 Å². The third kappa shape index (κ3) is 4.48. The van der Waals surface area contributed by atoms with Gasteiger partial charge in [-0.25, -0.2) is 8.42 Å². The molecule has 2 aromatic carbocycles. The van der Waals surface area contributed by atoms with E-state index < -0.39 is 10.0 Å². The Morgan fingerprint density at radius 1 is 1.17 bits per heavy atom. The van der Waals surface area contributed by atoms with Gasteiger partial charge in [0.1, 0.15) is 10.6 Å². The van der Waals surface area contributed by atoms with Crippen molar-refractivity contribution in [3.05, 3.63) is 59.1 Å². The molecular weight excluding hydrogens is 348 g/mol. The molecule has 7 heteroatoms. The Kier molecular flexibility index (Phi) is 6.62. The minimum absolute atomic E-state index is 0.0606. The fourth-order valence-electron chi connectivity index (χ4n) is 2.33. The van der Waals surface area contributed by atoms with E-state index in [0.29, 0.717) is 24.5 Å². The summed E-state index contributed by atoms with van der Waals surface area (Å²) in [5.41, 5.74) is 6.47. The molecule has 0 aliphatic carbocycles. The van der Waals surface area contributed by atoms with Gasteiger partial charge < -0.3 is 10.5 Å². The summed E-state index contributed by atoms with van der Waals surface area (Å²) in [5.74, 6) is 0.269. The largest absolute Gasteiger partial charge is 0.495 e. The maximum Gasteiger partial charge on any atom is 0.247 e. The van der Waals surface area contributed by atoms with Crippen LogP contribution in [0.5, 0.6) is 5.75 Å². The van der Waals surface area contributed by atoms with Gasteiger partial charge in [-0.1, -0.05) is 41.9 Å². The quantitative estimate of drug-likeness (QED) is 0.777. The van der Waals surface area contributed by atoms with Gasteiger partial charge in [-0.15, -0.1) is 0 Å². The number of sulfonamides is 1. The Balaban J connectivity index is 2.41. The highest BCUT2D eigenvalue weighted by Gasteiger charge is 2.28. The number of rotatable bonds is 8. The molecule has 0 bridgehead atoms. The number of hydrogen-bond donors (Lipinski definition) is 1. The third-order valence-electron chi connectivity index (χ3n) is 3.56. The standard InChI is InChI=1S/C17H21ClN2O3S/c1-23-16-9-8-15(18)12-17(16)24(21,22)20(11-5-10-19)13-14-6-3-2-4-7-14/h2-4,6-9,12H,5,10-11,13,19H2,1H3. The Bertz CT molecular complexity index is 767. The molecule has 0 aliphatic heterocycles. The number of methoxy groups -OCH3 is 1. The van der Waals surface area contributed by atoms with Crippen molar-refractivity contribution in [2.75, 3.05) is 20.2 Å². The van der Waals surface area contributed by atoms with Gasteiger partial charge >= 0.3 is 0 Å². The molecule has 0 atom stereocenters. The number of hydrogen-bond acceptors (Lipinski definition) is 4. The van der Waals surface area contributed by atoms with Gasteiger partial charge in [-0.3, -0.25) is 0 Å².